The van der Waals surface area contributed by atoms with Crippen LogP contribution in [0.1, 0.15) is 36.5 Å². The molecule has 1 aliphatic rings. The highest BCUT2D eigenvalue weighted by Gasteiger charge is 2.31. The Morgan fingerprint density at radius 3 is 2.59 bits per heavy atom. The summed E-state index contributed by atoms with van der Waals surface area (Å²) in [7, 11) is 1.49. The largest absolute Gasteiger partial charge is 0.380 e. The van der Waals surface area contributed by atoms with Crippen LogP contribution in [0.2, 0.25) is 0 Å². The van der Waals surface area contributed by atoms with Crippen LogP contribution in [-0.2, 0) is 0 Å². The van der Waals surface area contributed by atoms with Crippen LogP contribution in [0, 0.1) is 5.82 Å². The molecule has 2 rings (SSSR count). The van der Waals surface area contributed by atoms with Crippen molar-refractivity contribution < 1.29 is 9.18 Å². The van der Waals surface area contributed by atoms with Crippen molar-refractivity contribution in [2.24, 2.45) is 0 Å². The van der Waals surface area contributed by atoms with E-state index in [0.717, 1.165) is 18.5 Å². The average molecular weight is 236 g/mol. The molecule has 0 bridgehead atoms. The van der Waals surface area contributed by atoms with Gasteiger partial charge in [0.05, 0.1) is 5.56 Å². The lowest BCUT2D eigenvalue weighted by molar-refractivity contribution is 0.0959. The zero-order chi connectivity index (χ0) is 12.5. The molecule has 2 N–H and O–H groups in total. The topological polar surface area (TPSA) is 41.1 Å². The second-order valence-corrected chi connectivity index (χ2v) is 4.81. The van der Waals surface area contributed by atoms with Crippen molar-refractivity contribution in [3.8, 4) is 0 Å². The Kier molecular flexibility index (Phi) is 3.05. The molecule has 92 valence electrons. The monoisotopic (exact) mass is 236 g/mol. The predicted octanol–water partition coefficient (Wildman–Crippen LogP) is 2.54. The number of nitrogens with one attached hydrogen (secondary N) is 2. The second-order valence-electron chi connectivity index (χ2n) is 4.81. The fourth-order valence-electron chi connectivity index (χ4n) is 2.09. The van der Waals surface area contributed by atoms with Crippen LogP contribution in [0.3, 0.4) is 0 Å². The molecule has 4 heteroatoms. The van der Waals surface area contributed by atoms with Gasteiger partial charge in [-0.25, -0.2) is 4.39 Å². The maximum Gasteiger partial charge on any atom is 0.253 e. The fourth-order valence-corrected chi connectivity index (χ4v) is 2.09. The number of anilines is 1. The molecule has 0 aliphatic heterocycles. The highest BCUT2D eigenvalue weighted by atomic mass is 19.1. The zero-order valence-electron chi connectivity index (χ0n) is 10.1. The quantitative estimate of drug-likeness (QED) is 0.846. The first kappa shape index (κ1) is 11.9. The normalized spacial score (nSPS) is 17.1. The van der Waals surface area contributed by atoms with Crippen LogP contribution in [-0.4, -0.2) is 18.5 Å². The van der Waals surface area contributed by atoms with Gasteiger partial charge in [-0.15, -0.1) is 0 Å². The third kappa shape index (κ3) is 2.40. The highest BCUT2D eigenvalue weighted by Crippen LogP contribution is 2.34. The number of hydrogen-bond acceptors (Lipinski definition) is 2. The van der Waals surface area contributed by atoms with Crippen molar-refractivity contribution in [2.75, 3.05) is 12.4 Å². The molecule has 1 amide bonds. The summed E-state index contributed by atoms with van der Waals surface area (Å²) in [6.07, 6.45) is 3.42. The van der Waals surface area contributed by atoms with E-state index in [-0.39, 0.29) is 11.1 Å². The molecule has 1 saturated carbocycles. The van der Waals surface area contributed by atoms with E-state index in [4.69, 9.17) is 0 Å². The Morgan fingerprint density at radius 2 is 2.12 bits per heavy atom. The first-order valence-electron chi connectivity index (χ1n) is 5.84. The summed E-state index contributed by atoms with van der Waals surface area (Å²) in [4.78, 5) is 11.3. The summed E-state index contributed by atoms with van der Waals surface area (Å²) in [5, 5.41) is 5.72. The van der Waals surface area contributed by atoms with Crippen LogP contribution in [0.25, 0.3) is 0 Å². The van der Waals surface area contributed by atoms with Gasteiger partial charge in [0.15, 0.2) is 0 Å². The number of amides is 1. The number of rotatable bonds is 3. The lowest BCUT2D eigenvalue weighted by Gasteiger charge is -2.40. The van der Waals surface area contributed by atoms with Gasteiger partial charge >= 0.3 is 0 Å². The molecule has 1 aromatic rings. The molecule has 0 spiro atoms. The second kappa shape index (κ2) is 4.35. The molecule has 17 heavy (non-hydrogen) atoms. The summed E-state index contributed by atoms with van der Waals surface area (Å²) in [6.45, 7) is 2.13. The Labute approximate surface area is 100 Å². The minimum absolute atomic E-state index is 0.0804. The van der Waals surface area contributed by atoms with E-state index < -0.39 is 11.7 Å². The number of carbonyl (C=O) groups excluding carboxylic acids is 1. The van der Waals surface area contributed by atoms with Gasteiger partial charge < -0.3 is 10.6 Å². The molecule has 0 aromatic heterocycles. The Bertz CT molecular complexity index is 441. The molecule has 1 aromatic carbocycles. The van der Waals surface area contributed by atoms with E-state index in [1.165, 1.54) is 25.6 Å². The first-order chi connectivity index (χ1) is 8.04. The van der Waals surface area contributed by atoms with Gasteiger partial charge in [0, 0.05) is 18.3 Å². The van der Waals surface area contributed by atoms with Crippen molar-refractivity contribution in [1.29, 1.82) is 0 Å². The Hall–Kier alpha value is -1.58. The van der Waals surface area contributed by atoms with Crippen molar-refractivity contribution in [2.45, 2.75) is 31.7 Å². The maximum atomic E-state index is 13.7. The van der Waals surface area contributed by atoms with Crippen LogP contribution in [0.5, 0.6) is 0 Å². The molecule has 0 heterocycles. The standard InChI is InChI=1S/C13H17FN2O/c1-13(6-3-7-13)16-9-4-5-10(11(14)8-9)12(17)15-2/h4-5,8,16H,3,6-7H2,1-2H3,(H,15,17). The smallest absolute Gasteiger partial charge is 0.253 e. The fraction of sp³-hybridized carbons (Fsp3) is 0.462. The Morgan fingerprint density at radius 1 is 1.41 bits per heavy atom. The minimum Gasteiger partial charge on any atom is -0.380 e. The lowest BCUT2D eigenvalue weighted by Crippen LogP contribution is -2.41. The molecule has 0 saturated heterocycles. The number of halogens is 1. The minimum atomic E-state index is -0.489. The molecular formula is C13H17FN2O. The molecule has 1 aliphatic carbocycles. The van der Waals surface area contributed by atoms with Crippen LogP contribution < -0.4 is 10.6 Å². The number of hydrogen-bond donors (Lipinski definition) is 2. The van der Waals surface area contributed by atoms with Crippen molar-refractivity contribution in [3.05, 3.63) is 29.6 Å². The molecule has 0 atom stereocenters. The summed E-state index contributed by atoms with van der Waals surface area (Å²) < 4.78 is 13.7. The van der Waals surface area contributed by atoms with Gasteiger partial charge in [0.25, 0.3) is 5.91 Å². The third-order valence-corrected chi connectivity index (χ3v) is 3.34. The van der Waals surface area contributed by atoms with Gasteiger partial charge in [-0.3, -0.25) is 4.79 Å². The molecular weight excluding hydrogens is 219 g/mol. The number of carbonyl (C=O) groups is 1. The third-order valence-electron chi connectivity index (χ3n) is 3.34. The molecule has 0 radical (unpaired) electrons. The summed E-state index contributed by atoms with van der Waals surface area (Å²) in [5.41, 5.74) is 0.898. The average Bonchev–Trinajstić information content (AvgIpc) is 2.26. The van der Waals surface area contributed by atoms with Crippen LogP contribution >= 0.6 is 0 Å². The van der Waals surface area contributed by atoms with E-state index in [1.54, 1.807) is 6.07 Å². The lowest BCUT2D eigenvalue weighted by atomic mass is 9.78. The van der Waals surface area contributed by atoms with Gasteiger partial charge in [-0.1, -0.05) is 0 Å². The van der Waals surface area contributed by atoms with E-state index in [2.05, 4.69) is 17.6 Å². The van der Waals surface area contributed by atoms with Crippen molar-refractivity contribution in [1.82, 2.24) is 5.32 Å². The van der Waals surface area contributed by atoms with E-state index >= 15 is 0 Å². The van der Waals surface area contributed by atoms with Crippen molar-refractivity contribution in [3.63, 3.8) is 0 Å². The van der Waals surface area contributed by atoms with E-state index in [1.807, 2.05) is 0 Å². The van der Waals surface area contributed by atoms with Gasteiger partial charge in [0.2, 0.25) is 0 Å². The van der Waals surface area contributed by atoms with Gasteiger partial charge in [-0.05, 0) is 44.4 Å². The SMILES string of the molecule is CNC(=O)c1ccc(NC2(C)CCC2)cc1F. The van der Waals surface area contributed by atoms with Gasteiger partial charge in [0.1, 0.15) is 5.82 Å². The molecule has 3 nitrogen and oxygen atoms in total. The summed E-state index contributed by atoms with van der Waals surface area (Å²) >= 11 is 0. The van der Waals surface area contributed by atoms with Crippen LogP contribution in [0.4, 0.5) is 10.1 Å². The highest BCUT2D eigenvalue weighted by molar-refractivity contribution is 5.94. The Balaban J connectivity index is 2.16. The van der Waals surface area contributed by atoms with E-state index in [0.29, 0.717) is 0 Å². The van der Waals surface area contributed by atoms with E-state index in [9.17, 15) is 9.18 Å². The van der Waals surface area contributed by atoms with Gasteiger partial charge in [-0.2, -0.15) is 0 Å². The predicted molar refractivity (Wildman–Crippen MR) is 65.7 cm³/mol. The first-order valence-corrected chi connectivity index (χ1v) is 5.84. The number of benzene rings is 1. The summed E-state index contributed by atoms with van der Waals surface area (Å²) in [5.74, 6) is -0.888. The van der Waals surface area contributed by atoms with Crippen molar-refractivity contribution >= 4 is 11.6 Å². The molecule has 0 unspecified atom stereocenters. The van der Waals surface area contributed by atoms with Crippen LogP contribution in [0.15, 0.2) is 18.2 Å². The zero-order valence-corrected chi connectivity index (χ0v) is 10.1. The maximum absolute atomic E-state index is 13.7. The molecule has 1 fully saturated rings. The summed E-state index contributed by atoms with van der Waals surface area (Å²) in [6, 6.07) is 4.64.